The van der Waals surface area contributed by atoms with Crippen molar-refractivity contribution in [3.63, 3.8) is 0 Å². The van der Waals surface area contributed by atoms with Crippen molar-refractivity contribution in [2.45, 2.75) is 20.0 Å². The third-order valence-electron chi connectivity index (χ3n) is 5.66. The SMILES string of the molecule is COc1ccccc1/C=C1\Oc2c3c(cc(C)c2C1=O)OCN(Cc1ccccc1)C3. The molecule has 3 aromatic rings. The molecule has 156 valence electrons. The highest BCUT2D eigenvalue weighted by Gasteiger charge is 2.35. The van der Waals surface area contributed by atoms with Crippen LogP contribution in [0.25, 0.3) is 6.08 Å². The second kappa shape index (κ2) is 7.93. The minimum Gasteiger partial charge on any atom is -0.496 e. The summed E-state index contributed by atoms with van der Waals surface area (Å²) in [6.07, 6.45) is 1.75. The molecule has 0 radical (unpaired) electrons. The highest BCUT2D eigenvalue weighted by atomic mass is 16.5. The van der Waals surface area contributed by atoms with Gasteiger partial charge in [-0.1, -0.05) is 48.5 Å². The van der Waals surface area contributed by atoms with E-state index in [0.29, 0.717) is 36.1 Å². The molecule has 5 nitrogen and oxygen atoms in total. The van der Waals surface area contributed by atoms with Gasteiger partial charge < -0.3 is 14.2 Å². The maximum atomic E-state index is 13.2. The van der Waals surface area contributed by atoms with Gasteiger partial charge in [0.25, 0.3) is 0 Å². The van der Waals surface area contributed by atoms with E-state index in [0.717, 1.165) is 29.0 Å². The third kappa shape index (κ3) is 3.57. The molecule has 3 aromatic carbocycles. The van der Waals surface area contributed by atoms with Gasteiger partial charge in [-0.25, -0.2) is 0 Å². The molecule has 0 amide bonds. The normalized spacial score (nSPS) is 16.5. The zero-order chi connectivity index (χ0) is 21.4. The first-order valence-corrected chi connectivity index (χ1v) is 10.3. The maximum absolute atomic E-state index is 13.2. The number of benzene rings is 3. The molecule has 0 spiro atoms. The lowest BCUT2D eigenvalue weighted by atomic mass is 9.98. The standard InChI is InChI=1S/C26H23NO4/c1-17-12-22-20(15-27(16-30-22)14-18-8-4-3-5-9-18)26-24(17)25(28)23(31-26)13-19-10-6-7-11-21(19)29-2/h3-13H,14-16H2,1-2H3/b23-13-. The van der Waals surface area contributed by atoms with E-state index in [1.165, 1.54) is 5.56 Å². The number of methoxy groups -OCH3 is 1. The zero-order valence-corrected chi connectivity index (χ0v) is 17.6. The number of rotatable bonds is 4. The fraction of sp³-hybridized carbons (Fsp3) is 0.192. The summed E-state index contributed by atoms with van der Waals surface area (Å²) in [5, 5.41) is 0. The molecule has 0 saturated heterocycles. The minimum absolute atomic E-state index is 0.110. The maximum Gasteiger partial charge on any atom is 0.232 e. The molecule has 5 heteroatoms. The van der Waals surface area contributed by atoms with E-state index in [1.807, 2.05) is 55.5 Å². The minimum atomic E-state index is -0.110. The molecule has 2 aliphatic rings. The molecular formula is C26H23NO4. The van der Waals surface area contributed by atoms with E-state index in [4.69, 9.17) is 14.2 Å². The van der Waals surface area contributed by atoms with Gasteiger partial charge in [-0.2, -0.15) is 0 Å². The highest BCUT2D eigenvalue weighted by molar-refractivity contribution is 6.16. The number of hydrogen-bond acceptors (Lipinski definition) is 5. The van der Waals surface area contributed by atoms with Crippen LogP contribution in [0.15, 0.2) is 66.4 Å². The Morgan fingerprint density at radius 2 is 1.87 bits per heavy atom. The first-order valence-electron chi connectivity index (χ1n) is 10.3. The molecule has 0 aliphatic carbocycles. The predicted octanol–water partition coefficient (Wildman–Crippen LogP) is 4.97. The summed E-state index contributed by atoms with van der Waals surface area (Å²) < 4.78 is 17.6. The van der Waals surface area contributed by atoms with Gasteiger partial charge in [0.15, 0.2) is 5.76 Å². The first-order chi connectivity index (χ1) is 15.1. The number of carbonyl (C=O) groups is 1. The zero-order valence-electron chi connectivity index (χ0n) is 17.6. The Kier molecular flexibility index (Phi) is 4.96. The van der Waals surface area contributed by atoms with E-state index in [-0.39, 0.29) is 5.78 Å². The molecule has 0 fully saturated rings. The summed E-state index contributed by atoms with van der Waals surface area (Å²) in [7, 11) is 1.61. The van der Waals surface area contributed by atoms with E-state index >= 15 is 0 Å². The molecule has 2 aliphatic heterocycles. The largest absolute Gasteiger partial charge is 0.496 e. The van der Waals surface area contributed by atoms with E-state index in [2.05, 4.69) is 17.0 Å². The van der Waals surface area contributed by atoms with E-state index in [1.54, 1.807) is 13.2 Å². The smallest absolute Gasteiger partial charge is 0.232 e. The number of ketones is 1. The van der Waals surface area contributed by atoms with Crippen molar-refractivity contribution in [3.8, 4) is 17.2 Å². The van der Waals surface area contributed by atoms with Crippen LogP contribution in [-0.2, 0) is 13.1 Å². The summed E-state index contributed by atoms with van der Waals surface area (Å²) in [4.78, 5) is 15.4. The Labute approximate surface area is 181 Å². The fourth-order valence-electron chi connectivity index (χ4n) is 4.15. The van der Waals surface area contributed by atoms with Gasteiger partial charge in [0, 0.05) is 18.7 Å². The fourth-order valence-corrected chi connectivity index (χ4v) is 4.15. The number of allylic oxidation sites excluding steroid dienone is 1. The van der Waals surface area contributed by atoms with Crippen LogP contribution in [0.3, 0.4) is 0 Å². The predicted molar refractivity (Wildman–Crippen MR) is 118 cm³/mol. The second-order valence-electron chi connectivity index (χ2n) is 7.80. The van der Waals surface area contributed by atoms with Gasteiger partial charge in [-0.05, 0) is 36.3 Å². The molecule has 5 rings (SSSR count). The molecule has 0 aromatic heterocycles. The average molecular weight is 413 g/mol. The lowest BCUT2D eigenvalue weighted by Gasteiger charge is -2.30. The number of carbonyl (C=O) groups excluding carboxylic acids is 1. The van der Waals surface area contributed by atoms with Crippen LogP contribution in [-0.4, -0.2) is 24.5 Å². The van der Waals surface area contributed by atoms with Crippen LogP contribution < -0.4 is 14.2 Å². The van der Waals surface area contributed by atoms with Gasteiger partial charge in [0.05, 0.1) is 18.2 Å². The number of fused-ring (bicyclic) bond motifs is 3. The van der Waals surface area contributed by atoms with Crippen LogP contribution in [0.1, 0.15) is 32.6 Å². The Morgan fingerprint density at radius 1 is 1.10 bits per heavy atom. The summed E-state index contributed by atoms with van der Waals surface area (Å²) >= 11 is 0. The van der Waals surface area contributed by atoms with Crippen molar-refractivity contribution >= 4 is 11.9 Å². The van der Waals surface area contributed by atoms with Crippen molar-refractivity contribution < 1.29 is 19.0 Å². The molecule has 0 N–H and O–H groups in total. The quantitative estimate of drug-likeness (QED) is 0.565. The van der Waals surface area contributed by atoms with Crippen LogP contribution in [0.5, 0.6) is 17.2 Å². The van der Waals surface area contributed by atoms with Crippen molar-refractivity contribution in [1.82, 2.24) is 4.90 Å². The number of nitrogens with zero attached hydrogens (tertiary/aromatic N) is 1. The highest BCUT2D eigenvalue weighted by Crippen LogP contribution is 2.44. The van der Waals surface area contributed by atoms with E-state index in [9.17, 15) is 4.79 Å². The van der Waals surface area contributed by atoms with Crippen molar-refractivity contribution in [3.05, 3.63) is 94.2 Å². The van der Waals surface area contributed by atoms with Gasteiger partial charge in [-0.15, -0.1) is 0 Å². The van der Waals surface area contributed by atoms with Gasteiger partial charge in [0.2, 0.25) is 5.78 Å². The number of Topliss-reactive ketones (excluding diaryl/α,β-unsaturated/α-hetero) is 1. The third-order valence-corrected chi connectivity index (χ3v) is 5.66. The molecule has 0 saturated carbocycles. The number of hydrogen-bond donors (Lipinski definition) is 0. The molecule has 0 bridgehead atoms. The molecule has 2 heterocycles. The monoisotopic (exact) mass is 413 g/mol. The lowest BCUT2D eigenvalue weighted by Crippen LogP contribution is -2.31. The van der Waals surface area contributed by atoms with Crippen LogP contribution in [0.2, 0.25) is 0 Å². The lowest BCUT2D eigenvalue weighted by molar-refractivity contribution is 0.0872. The van der Waals surface area contributed by atoms with Crippen LogP contribution in [0.4, 0.5) is 0 Å². The van der Waals surface area contributed by atoms with Crippen LogP contribution in [0, 0.1) is 6.92 Å². The summed E-state index contributed by atoms with van der Waals surface area (Å²) in [5.41, 5.74) is 4.41. The van der Waals surface area contributed by atoms with E-state index < -0.39 is 0 Å². The van der Waals surface area contributed by atoms with Crippen molar-refractivity contribution in [2.24, 2.45) is 0 Å². The molecule has 0 atom stereocenters. The topological polar surface area (TPSA) is 48.0 Å². The Balaban J connectivity index is 1.48. The summed E-state index contributed by atoms with van der Waals surface area (Å²) in [6, 6.07) is 19.8. The summed E-state index contributed by atoms with van der Waals surface area (Å²) in [6.45, 7) is 3.84. The number of para-hydroxylation sites is 1. The second-order valence-corrected chi connectivity index (χ2v) is 7.80. The average Bonchev–Trinajstić information content (AvgIpc) is 3.12. The van der Waals surface area contributed by atoms with Crippen LogP contribution >= 0.6 is 0 Å². The molecule has 0 unspecified atom stereocenters. The molecule has 31 heavy (non-hydrogen) atoms. The van der Waals surface area contributed by atoms with Gasteiger partial charge >= 0.3 is 0 Å². The number of ether oxygens (including phenoxy) is 3. The Hall–Kier alpha value is -3.57. The number of aryl methyl sites for hydroxylation is 1. The van der Waals surface area contributed by atoms with Gasteiger partial charge in [-0.3, -0.25) is 9.69 Å². The van der Waals surface area contributed by atoms with Crippen molar-refractivity contribution in [2.75, 3.05) is 13.8 Å². The molecular weight excluding hydrogens is 390 g/mol. The van der Waals surface area contributed by atoms with Gasteiger partial charge in [0.1, 0.15) is 24.0 Å². The first kappa shape index (κ1) is 19.4. The van der Waals surface area contributed by atoms with Crippen molar-refractivity contribution in [1.29, 1.82) is 0 Å². The Bertz CT molecular complexity index is 1180. The summed E-state index contributed by atoms with van der Waals surface area (Å²) in [5.74, 6) is 2.28. The Morgan fingerprint density at radius 3 is 2.68 bits per heavy atom.